The highest BCUT2D eigenvalue weighted by molar-refractivity contribution is 5.86. The van der Waals surface area contributed by atoms with Crippen molar-refractivity contribution >= 4 is 11.9 Å². The van der Waals surface area contributed by atoms with Gasteiger partial charge in [-0.3, -0.25) is 14.5 Å². The zero-order valence-electron chi connectivity index (χ0n) is 11.3. The molecule has 2 unspecified atom stereocenters. The van der Waals surface area contributed by atoms with E-state index < -0.39 is 18.1 Å². The SMILES string of the molecule is CC(C)OCC(O)CN1CCNC(=O)C1CC(=O)O. The van der Waals surface area contributed by atoms with Gasteiger partial charge in [0.2, 0.25) is 5.91 Å². The normalized spacial score (nSPS) is 22.3. The van der Waals surface area contributed by atoms with Gasteiger partial charge in [-0.05, 0) is 13.8 Å². The molecule has 110 valence electrons. The molecule has 7 nitrogen and oxygen atoms in total. The summed E-state index contributed by atoms with van der Waals surface area (Å²) in [5.41, 5.74) is 0. The molecule has 1 fully saturated rings. The number of hydrogen-bond donors (Lipinski definition) is 3. The van der Waals surface area contributed by atoms with E-state index >= 15 is 0 Å². The molecule has 2 atom stereocenters. The fourth-order valence-electron chi connectivity index (χ4n) is 1.99. The number of β-amino-alcohol motifs (C(OH)–C–C–N with tert-alkyl or cyclic N) is 1. The van der Waals surface area contributed by atoms with Crippen molar-refractivity contribution < 1.29 is 24.5 Å². The Hall–Kier alpha value is -1.18. The highest BCUT2D eigenvalue weighted by Gasteiger charge is 2.32. The van der Waals surface area contributed by atoms with Crippen LogP contribution in [0.5, 0.6) is 0 Å². The monoisotopic (exact) mass is 274 g/mol. The van der Waals surface area contributed by atoms with E-state index in [4.69, 9.17) is 9.84 Å². The van der Waals surface area contributed by atoms with Crippen LogP contribution in [0, 0.1) is 0 Å². The largest absolute Gasteiger partial charge is 0.481 e. The molecule has 1 amide bonds. The third-order valence-electron chi connectivity index (χ3n) is 2.88. The van der Waals surface area contributed by atoms with Crippen molar-refractivity contribution in [3.63, 3.8) is 0 Å². The van der Waals surface area contributed by atoms with E-state index in [1.807, 2.05) is 13.8 Å². The van der Waals surface area contributed by atoms with Gasteiger partial charge in [0.05, 0.1) is 31.3 Å². The first-order chi connectivity index (χ1) is 8.90. The van der Waals surface area contributed by atoms with Gasteiger partial charge >= 0.3 is 5.97 Å². The fraction of sp³-hybridized carbons (Fsp3) is 0.833. The Morgan fingerprint density at radius 2 is 2.26 bits per heavy atom. The first-order valence-electron chi connectivity index (χ1n) is 6.43. The summed E-state index contributed by atoms with van der Waals surface area (Å²) in [5.74, 6) is -1.33. The minimum atomic E-state index is -1.03. The highest BCUT2D eigenvalue weighted by atomic mass is 16.5. The summed E-state index contributed by atoms with van der Waals surface area (Å²) in [6.45, 7) is 5.14. The lowest BCUT2D eigenvalue weighted by Gasteiger charge is -2.35. The van der Waals surface area contributed by atoms with Gasteiger partial charge in [0.25, 0.3) is 0 Å². The second kappa shape index (κ2) is 7.42. The van der Waals surface area contributed by atoms with Crippen LogP contribution in [0.25, 0.3) is 0 Å². The van der Waals surface area contributed by atoms with Gasteiger partial charge in [-0.2, -0.15) is 0 Å². The number of nitrogens with one attached hydrogen (secondary N) is 1. The molecular formula is C12H22N2O5. The van der Waals surface area contributed by atoms with Gasteiger partial charge < -0.3 is 20.3 Å². The summed E-state index contributed by atoms with van der Waals surface area (Å²) in [6, 6.07) is -0.722. The molecule has 3 N–H and O–H groups in total. The minimum absolute atomic E-state index is 0.0223. The molecule has 1 aliphatic heterocycles. The molecular weight excluding hydrogens is 252 g/mol. The van der Waals surface area contributed by atoms with Crippen LogP contribution in [-0.2, 0) is 14.3 Å². The number of rotatable bonds is 7. The number of carbonyl (C=O) groups is 2. The zero-order valence-corrected chi connectivity index (χ0v) is 11.3. The predicted molar refractivity (Wildman–Crippen MR) is 67.7 cm³/mol. The van der Waals surface area contributed by atoms with Gasteiger partial charge in [-0.15, -0.1) is 0 Å². The Morgan fingerprint density at radius 3 is 2.84 bits per heavy atom. The molecule has 1 rings (SSSR count). The minimum Gasteiger partial charge on any atom is -0.481 e. The maximum Gasteiger partial charge on any atom is 0.305 e. The zero-order chi connectivity index (χ0) is 14.4. The summed E-state index contributed by atoms with van der Waals surface area (Å²) < 4.78 is 5.29. The number of nitrogens with zero attached hydrogens (tertiary/aromatic N) is 1. The Balaban J connectivity index is 2.52. The average molecular weight is 274 g/mol. The fourth-order valence-corrected chi connectivity index (χ4v) is 1.99. The van der Waals surface area contributed by atoms with Gasteiger partial charge in [-0.1, -0.05) is 0 Å². The molecule has 1 saturated heterocycles. The van der Waals surface area contributed by atoms with E-state index in [0.29, 0.717) is 13.1 Å². The number of piperazine rings is 1. The highest BCUT2D eigenvalue weighted by Crippen LogP contribution is 2.10. The van der Waals surface area contributed by atoms with E-state index in [9.17, 15) is 14.7 Å². The Bertz CT molecular complexity index is 321. The summed E-state index contributed by atoms with van der Waals surface area (Å²) in [4.78, 5) is 24.1. The quantitative estimate of drug-likeness (QED) is 0.553. The topological polar surface area (TPSA) is 99.1 Å². The molecule has 0 bridgehead atoms. The Labute approximate surface area is 112 Å². The average Bonchev–Trinajstić information content (AvgIpc) is 2.30. The van der Waals surface area contributed by atoms with Crippen molar-refractivity contribution in [1.82, 2.24) is 10.2 Å². The van der Waals surface area contributed by atoms with E-state index in [1.165, 1.54) is 0 Å². The van der Waals surface area contributed by atoms with Crippen LogP contribution >= 0.6 is 0 Å². The van der Waals surface area contributed by atoms with Crippen molar-refractivity contribution in [2.75, 3.05) is 26.2 Å². The van der Waals surface area contributed by atoms with Crippen molar-refractivity contribution in [2.24, 2.45) is 0 Å². The van der Waals surface area contributed by atoms with Crippen LogP contribution < -0.4 is 5.32 Å². The summed E-state index contributed by atoms with van der Waals surface area (Å²) in [5, 5.41) is 21.3. The number of carboxylic acid groups (broad SMARTS) is 1. The summed E-state index contributed by atoms with van der Waals surface area (Å²) >= 11 is 0. The standard InChI is InChI=1S/C12H22N2O5/c1-8(2)19-7-9(15)6-14-4-3-13-12(18)10(14)5-11(16)17/h8-10,15H,3-7H2,1-2H3,(H,13,18)(H,16,17). The summed E-state index contributed by atoms with van der Waals surface area (Å²) in [7, 11) is 0. The van der Waals surface area contributed by atoms with Crippen LogP contribution in [0.1, 0.15) is 20.3 Å². The Kier molecular flexibility index (Phi) is 6.20. The van der Waals surface area contributed by atoms with Crippen LogP contribution in [0.3, 0.4) is 0 Å². The number of aliphatic hydroxyl groups excluding tert-OH is 1. The lowest BCUT2D eigenvalue weighted by molar-refractivity contribution is -0.143. The number of aliphatic hydroxyl groups is 1. The number of carbonyl (C=O) groups excluding carboxylic acids is 1. The van der Waals surface area contributed by atoms with Crippen molar-refractivity contribution in [3.05, 3.63) is 0 Å². The third-order valence-corrected chi connectivity index (χ3v) is 2.88. The molecule has 1 aliphatic rings. The van der Waals surface area contributed by atoms with Crippen molar-refractivity contribution in [1.29, 1.82) is 0 Å². The molecule has 0 aromatic rings. The molecule has 0 aromatic carbocycles. The van der Waals surface area contributed by atoms with Gasteiger partial charge in [0.15, 0.2) is 0 Å². The molecule has 0 aromatic heterocycles. The van der Waals surface area contributed by atoms with Gasteiger partial charge in [0, 0.05) is 19.6 Å². The van der Waals surface area contributed by atoms with Gasteiger partial charge in [-0.25, -0.2) is 0 Å². The first-order valence-corrected chi connectivity index (χ1v) is 6.43. The maximum atomic E-state index is 11.7. The third kappa shape index (κ3) is 5.54. The lowest BCUT2D eigenvalue weighted by atomic mass is 10.1. The van der Waals surface area contributed by atoms with E-state index in [2.05, 4.69) is 5.32 Å². The number of ether oxygens (including phenoxy) is 1. The van der Waals surface area contributed by atoms with E-state index in [1.54, 1.807) is 4.90 Å². The first kappa shape index (κ1) is 15.9. The van der Waals surface area contributed by atoms with Crippen molar-refractivity contribution in [3.8, 4) is 0 Å². The smallest absolute Gasteiger partial charge is 0.305 e. The van der Waals surface area contributed by atoms with Crippen molar-refractivity contribution in [2.45, 2.75) is 38.5 Å². The molecule has 1 heterocycles. The summed E-state index contributed by atoms with van der Waals surface area (Å²) in [6.07, 6.45) is -0.970. The van der Waals surface area contributed by atoms with Crippen LogP contribution in [0.15, 0.2) is 0 Å². The lowest BCUT2D eigenvalue weighted by Crippen LogP contribution is -2.57. The van der Waals surface area contributed by atoms with Gasteiger partial charge in [0.1, 0.15) is 0 Å². The predicted octanol–water partition coefficient (Wildman–Crippen LogP) is -0.953. The van der Waals surface area contributed by atoms with Crippen LogP contribution in [0.2, 0.25) is 0 Å². The second-order valence-electron chi connectivity index (χ2n) is 4.94. The molecule has 19 heavy (non-hydrogen) atoms. The van der Waals surface area contributed by atoms with E-state index in [-0.39, 0.29) is 31.6 Å². The number of aliphatic carboxylic acids is 1. The Morgan fingerprint density at radius 1 is 1.58 bits per heavy atom. The van der Waals surface area contributed by atoms with Crippen LogP contribution in [-0.4, -0.2) is 71.5 Å². The molecule has 0 spiro atoms. The molecule has 0 radical (unpaired) electrons. The molecule has 0 saturated carbocycles. The number of amides is 1. The van der Waals surface area contributed by atoms with Crippen LogP contribution in [0.4, 0.5) is 0 Å². The maximum absolute atomic E-state index is 11.7. The molecule has 0 aliphatic carbocycles. The molecule has 7 heteroatoms. The second-order valence-corrected chi connectivity index (χ2v) is 4.94. The van der Waals surface area contributed by atoms with E-state index in [0.717, 1.165) is 0 Å². The number of hydrogen-bond acceptors (Lipinski definition) is 5. The number of carboxylic acids is 1.